The summed E-state index contributed by atoms with van der Waals surface area (Å²) in [5, 5.41) is 3.27. The zero-order valence-corrected chi connectivity index (χ0v) is 12.2. The highest BCUT2D eigenvalue weighted by Crippen LogP contribution is 2.10. The van der Waals surface area contributed by atoms with E-state index in [-0.39, 0.29) is 0 Å². The molecule has 0 aliphatic rings. The monoisotopic (exact) mass is 253 g/mol. The first-order valence-corrected chi connectivity index (χ1v) is 6.73. The van der Waals surface area contributed by atoms with Gasteiger partial charge in [-0.25, -0.2) is 0 Å². The molecule has 0 aliphatic carbocycles. The summed E-state index contributed by atoms with van der Waals surface area (Å²) in [5.41, 5.74) is 0. The molecule has 1 rings (SSSR count). The fourth-order valence-corrected chi connectivity index (χ4v) is 1.85. The van der Waals surface area contributed by atoms with Crippen LogP contribution in [0.15, 0.2) is 16.5 Å². The van der Waals surface area contributed by atoms with Gasteiger partial charge in [-0.05, 0) is 59.3 Å². The van der Waals surface area contributed by atoms with E-state index >= 15 is 0 Å². The van der Waals surface area contributed by atoms with Crippen molar-refractivity contribution in [1.29, 1.82) is 0 Å². The van der Waals surface area contributed by atoms with E-state index in [0.717, 1.165) is 44.2 Å². The molecule has 0 radical (unpaired) electrons. The number of rotatable bonds is 9. The van der Waals surface area contributed by atoms with Gasteiger partial charge in [0.15, 0.2) is 0 Å². The van der Waals surface area contributed by atoms with E-state index < -0.39 is 0 Å². The van der Waals surface area contributed by atoms with Crippen LogP contribution in [0.2, 0.25) is 0 Å². The highest BCUT2D eigenvalue weighted by Gasteiger charge is 2.05. The van der Waals surface area contributed by atoms with Gasteiger partial charge >= 0.3 is 0 Å². The van der Waals surface area contributed by atoms with Crippen LogP contribution in [0, 0.1) is 0 Å². The molecule has 0 fully saturated rings. The molecular weight excluding hydrogens is 226 g/mol. The second kappa shape index (κ2) is 8.29. The van der Waals surface area contributed by atoms with Gasteiger partial charge in [-0.15, -0.1) is 0 Å². The topological polar surface area (TPSA) is 31.6 Å². The van der Waals surface area contributed by atoms with E-state index in [1.54, 1.807) is 0 Å². The fourth-order valence-electron chi connectivity index (χ4n) is 1.85. The predicted molar refractivity (Wildman–Crippen MR) is 75.6 cm³/mol. The lowest BCUT2D eigenvalue weighted by Gasteiger charge is -2.16. The molecule has 0 aliphatic heterocycles. The maximum absolute atomic E-state index is 5.77. The summed E-state index contributed by atoms with van der Waals surface area (Å²) in [6, 6.07) is 4.14. The molecule has 1 aromatic heterocycles. The summed E-state index contributed by atoms with van der Waals surface area (Å²) in [5.74, 6) is 2.07. The Morgan fingerprint density at radius 3 is 2.50 bits per heavy atom. The summed E-state index contributed by atoms with van der Waals surface area (Å²) < 4.78 is 5.77. The first kappa shape index (κ1) is 15.2. The average Bonchev–Trinajstić information content (AvgIpc) is 2.73. The van der Waals surface area contributed by atoms with Gasteiger partial charge in [0.25, 0.3) is 0 Å². The molecule has 1 N–H and O–H groups in total. The van der Waals surface area contributed by atoms with Crippen LogP contribution in [0.1, 0.15) is 24.9 Å². The van der Waals surface area contributed by atoms with Gasteiger partial charge < -0.3 is 14.6 Å². The second-order valence-corrected chi connectivity index (χ2v) is 5.04. The molecule has 0 spiro atoms. The lowest BCUT2D eigenvalue weighted by molar-refractivity contribution is 0.270. The lowest BCUT2D eigenvalue weighted by atomic mass is 10.3. The van der Waals surface area contributed by atoms with Crippen LogP contribution < -0.4 is 5.32 Å². The SMILES string of the molecule is CCNCc1ccc(CN(C)CCCN(C)C)o1. The quantitative estimate of drug-likeness (QED) is 0.727. The maximum Gasteiger partial charge on any atom is 0.118 e. The number of nitrogens with one attached hydrogen (secondary N) is 1. The highest BCUT2D eigenvalue weighted by atomic mass is 16.3. The minimum absolute atomic E-state index is 0.820. The molecule has 0 aromatic carbocycles. The molecule has 0 atom stereocenters. The van der Waals surface area contributed by atoms with Crippen LogP contribution in [-0.2, 0) is 13.1 Å². The van der Waals surface area contributed by atoms with E-state index in [2.05, 4.69) is 55.3 Å². The van der Waals surface area contributed by atoms with Crippen LogP contribution >= 0.6 is 0 Å². The average molecular weight is 253 g/mol. The van der Waals surface area contributed by atoms with E-state index in [1.165, 1.54) is 6.42 Å². The molecule has 104 valence electrons. The minimum Gasteiger partial charge on any atom is -0.463 e. The predicted octanol–water partition coefficient (Wildman–Crippen LogP) is 1.77. The van der Waals surface area contributed by atoms with Crippen LogP contribution in [0.4, 0.5) is 0 Å². The van der Waals surface area contributed by atoms with Crippen molar-refractivity contribution in [3.63, 3.8) is 0 Å². The van der Waals surface area contributed by atoms with Gasteiger partial charge in [0.05, 0.1) is 13.1 Å². The van der Waals surface area contributed by atoms with Gasteiger partial charge in [-0.2, -0.15) is 0 Å². The van der Waals surface area contributed by atoms with Crippen molar-refractivity contribution < 1.29 is 4.42 Å². The molecule has 4 heteroatoms. The minimum atomic E-state index is 0.820. The van der Waals surface area contributed by atoms with Gasteiger partial charge in [-0.1, -0.05) is 6.92 Å². The smallest absolute Gasteiger partial charge is 0.118 e. The number of hydrogen-bond acceptors (Lipinski definition) is 4. The van der Waals surface area contributed by atoms with Crippen molar-refractivity contribution in [2.45, 2.75) is 26.4 Å². The third kappa shape index (κ3) is 6.19. The third-order valence-electron chi connectivity index (χ3n) is 2.84. The Balaban J connectivity index is 2.26. The van der Waals surface area contributed by atoms with Crippen molar-refractivity contribution in [3.8, 4) is 0 Å². The summed E-state index contributed by atoms with van der Waals surface area (Å²) in [6.45, 7) is 7.01. The van der Waals surface area contributed by atoms with Gasteiger partial charge in [0, 0.05) is 0 Å². The summed E-state index contributed by atoms with van der Waals surface area (Å²) >= 11 is 0. The van der Waals surface area contributed by atoms with E-state index in [4.69, 9.17) is 4.42 Å². The van der Waals surface area contributed by atoms with Crippen LogP contribution in [0.25, 0.3) is 0 Å². The van der Waals surface area contributed by atoms with E-state index in [1.807, 2.05) is 0 Å². The Morgan fingerprint density at radius 1 is 1.11 bits per heavy atom. The fraction of sp³-hybridized carbons (Fsp3) is 0.714. The molecule has 1 aromatic rings. The Labute approximate surface area is 111 Å². The Kier molecular flexibility index (Phi) is 7.01. The Bertz CT molecular complexity index is 323. The zero-order chi connectivity index (χ0) is 13.4. The highest BCUT2D eigenvalue weighted by molar-refractivity contribution is 5.06. The normalized spacial score (nSPS) is 11.7. The second-order valence-electron chi connectivity index (χ2n) is 5.04. The molecule has 1 heterocycles. The van der Waals surface area contributed by atoms with Crippen molar-refractivity contribution >= 4 is 0 Å². The van der Waals surface area contributed by atoms with Gasteiger partial charge in [0.2, 0.25) is 0 Å². The van der Waals surface area contributed by atoms with Gasteiger partial charge in [0.1, 0.15) is 11.5 Å². The molecule has 18 heavy (non-hydrogen) atoms. The van der Waals surface area contributed by atoms with Crippen LogP contribution in [0.3, 0.4) is 0 Å². The molecule has 4 nitrogen and oxygen atoms in total. The van der Waals surface area contributed by atoms with E-state index in [0.29, 0.717) is 0 Å². The summed E-state index contributed by atoms with van der Waals surface area (Å²) in [4.78, 5) is 4.52. The maximum atomic E-state index is 5.77. The van der Waals surface area contributed by atoms with Crippen molar-refractivity contribution in [2.24, 2.45) is 0 Å². The molecule has 0 saturated heterocycles. The first-order chi connectivity index (χ1) is 8.61. The molecule has 0 amide bonds. The lowest BCUT2D eigenvalue weighted by Crippen LogP contribution is -2.23. The van der Waals surface area contributed by atoms with Crippen molar-refractivity contribution in [3.05, 3.63) is 23.7 Å². The van der Waals surface area contributed by atoms with Crippen LogP contribution in [-0.4, -0.2) is 50.6 Å². The van der Waals surface area contributed by atoms with Gasteiger partial charge in [-0.3, -0.25) is 4.90 Å². The van der Waals surface area contributed by atoms with E-state index in [9.17, 15) is 0 Å². The molecular formula is C14H27N3O. The first-order valence-electron chi connectivity index (χ1n) is 6.73. The number of nitrogens with zero attached hydrogens (tertiary/aromatic N) is 2. The summed E-state index contributed by atoms with van der Waals surface area (Å²) in [7, 11) is 6.36. The molecule has 0 saturated carbocycles. The third-order valence-corrected chi connectivity index (χ3v) is 2.84. The zero-order valence-electron chi connectivity index (χ0n) is 12.2. The number of hydrogen-bond donors (Lipinski definition) is 1. The van der Waals surface area contributed by atoms with Crippen molar-refractivity contribution in [1.82, 2.24) is 15.1 Å². The van der Waals surface area contributed by atoms with Crippen molar-refractivity contribution in [2.75, 3.05) is 40.8 Å². The molecule has 0 unspecified atom stereocenters. The number of furan rings is 1. The molecule has 0 bridgehead atoms. The van der Waals surface area contributed by atoms with Crippen LogP contribution in [0.5, 0.6) is 0 Å². The Hall–Kier alpha value is -0.840. The summed E-state index contributed by atoms with van der Waals surface area (Å²) in [6.07, 6.45) is 1.19. The Morgan fingerprint density at radius 2 is 1.83 bits per heavy atom. The standard InChI is InChI=1S/C14H27N3O/c1-5-15-11-13-7-8-14(18-13)12-17(4)10-6-9-16(2)3/h7-8,15H,5-6,9-12H2,1-4H3. The largest absolute Gasteiger partial charge is 0.463 e.